The lowest BCUT2D eigenvalue weighted by molar-refractivity contribution is -0.0515. The average molecular weight is 479 g/mol. The minimum absolute atomic E-state index is 0.0230. The van der Waals surface area contributed by atoms with E-state index in [1.165, 1.54) is 24.4 Å². The van der Waals surface area contributed by atoms with Crippen LogP contribution >= 0.6 is 11.6 Å². The first-order chi connectivity index (χ1) is 15.9. The van der Waals surface area contributed by atoms with E-state index >= 15 is 0 Å². The summed E-state index contributed by atoms with van der Waals surface area (Å²) in [5.74, 6) is 0.250. The fraction of sp³-hybridized carbons (Fsp3) is 0.318. The third-order valence-corrected chi connectivity index (χ3v) is 5.12. The van der Waals surface area contributed by atoms with E-state index in [-0.39, 0.29) is 41.9 Å². The number of nitrogens with zero attached hydrogens (tertiary/aromatic N) is 2. The van der Waals surface area contributed by atoms with Crippen LogP contribution in [0.15, 0.2) is 40.9 Å². The van der Waals surface area contributed by atoms with Crippen LogP contribution in [-0.4, -0.2) is 29.1 Å². The summed E-state index contributed by atoms with van der Waals surface area (Å²) in [4.78, 5) is 21.1. The number of aromatic nitrogens is 2. The standard InChI is InChI=1S/C22H21ClF2N4O4/c23-14-4-5-15(27-9-14)10-28-20(30)19-18(8-26)32-21(29-19)13-3-6-16(33-22(24)25)17(7-13)31-11-12-1-2-12/h3-7,9,12,22H,1-2,8,10-11,26H2,(H,28,30). The Hall–Kier alpha value is -3.24. The van der Waals surface area contributed by atoms with Crippen molar-refractivity contribution in [3.63, 3.8) is 0 Å². The highest BCUT2D eigenvalue weighted by Crippen LogP contribution is 2.36. The number of amides is 1. The summed E-state index contributed by atoms with van der Waals surface area (Å²) >= 11 is 5.81. The van der Waals surface area contributed by atoms with Gasteiger partial charge in [0.05, 0.1) is 30.4 Å². The highest BCUT2D eigenvalue weighted by molar-refractivity contribution is 6.30. The molecule has 3 N–H and O–H groups in total. The molecule has 0 spiro atoms. The Morgan fingerprint density at radius 3 is 2.76 bits per heavy atom. The van der Waals surface area contributed by atoms with E-state index in [2.05, 4.69) is 20.0 Å². The Balaban J connectivity index is 1.53. The largest absolute Gasteiger partial charge is 0.489 e. The molecule has 1 saturated carbocycles. The SMILES string of the molecule is NCc1oc(-c2ccc(OC(F)F)c(OCC3CC3)c2)nc1C(=O)NCc1ccc(Cl)cn1. The zero-order valence-electron chi connectivity index (χ0n) is 17.4. The van der Waals surface area contributed by atoms with Crippen LogP contribution in [0.4, 0.5) is 8.78 Å². The van der Waals surface area contributed by atoms with Crippen molar-refractivity contribution in [3.8, 4) is 23.0 Å². The summed E-state index contributed by atoms with van der Waals surface area (Å²) in [6.45, 7) is -2.50. The molecule has 2 heterocycles. The van der Waals surface area contributed by atoms with Crippen LogP contribution in [0.25, 0.3) is 11.5 Å². The van der Waals surface area contributed by atoms with Crippen molar-refractivity contribution in [2.45, 2.75) is 32.5 Å². The second kappa shape index (κ2) is 10.1. The molecule has 0 unspecified atom stereocenters. The van der Waals surface area contributed by atoms with Crippen LogP contribution in [0.5, 0.6) is 11.5 Å². The third-order valence-electron chi connectivity index (χ3n) is 4.89. The van der Waals surface area contributed by atoms with Crippen LogP contribution < -0.4 is 20.5 Å². The van der Waals surface area contributed by atoms with E-state index in [0.29, 0.717) is 28.8 Å². The van der Waals surface area contributed by atoms with Crippen LogP contribution in [0.3, 0.4) is 0 Å². The van der Waals surface area contributed by atoms with Gasteiger partial charge in [-0.3, -0.25) is 9.78 Å². The number of nitrogens with one attached hydrogen (secondary N) is 1. The number of hydrogen-bond donors (Lipinski definition) is 2. The van der Waals surface area contributed by atoms with Crippen LogP contribution in [0, 0.1) is 5.92 Å². The maximum atomic E-state index is 12.8. The second-order valence-electron chi connectivity index (χ2n) is 7.44. The predicted molar refractivity (Wildman–Crippen MR) is 115 cm³/mol. The first-order valence-electron chi connectivity index (χ1n) is 10.2. The molecule has 0 aliphatic heterocycles. The van der Waals surface area contributed by atoms with Crippen molar-refractivity contribution in [1.29, 1.82) is 0 Å². The lowest BCUT2D eigenvalue weighted by atomic mass is 10.2. The smallest absolute Gasteiger partial charge is 0.387 e. The average Bonchev–Trinajstić information content (AvgIpc) is 3.53. The third kappa shape index (κ3) is 5.96. The molecule has 1 aromatic carbocycles. The Morgan fingerprint density at radius 2 is 2.09 bits per heavy atom. The predicted octanol–water partition coefficient (Wildman–Crippen LogP) is 4.17. The molecule has 8 nitrogen and oxygen atoms in total. The first kappa shape index (κ1) is 22.9. The molecular weight excluding hydrogens is 458 g/mol. The quantitative estimate of drug-likeness (QED) is 0.449. The second-order valence-corrected chi connectivity index (χ2v) is 7.88. The van der Waals surface area contributed by atoms with Crippen LogP contribution in [-0.2, 0) is 13.1 Å². The summed E-state index contributed by atoms with van der Waals surface area (Å²) in [5.41, 5.74) is 6.79. The van der Waals surface area contributed by atoms with Crippen molar-refractivity contribution in [3.05, 3.63) is 58.7 Å². The van der Waals surface area contributed by atoms with Gasteiger partial charge in [0.15, 0.2) is 23.0 Å². The summed E-state index contributed by atoms with van der Waals surface area (Å²) in [6, 6.07) is 7.69. The topological polar surface area (TPSA) is 113 Å². The normalized spacial score (nSPS) is 13.2. The maximum Gasteiger partial charge on any atom is 0.387 e. The van der Waals surface area contributed by atoms with Gasteiger partial charge in [-0.25, -0.2) is 4.98 Å². The van der Waals surface area contributed by atoms with Gasteiger partial charge in [-0.1, -0.05) is 11.6 Å². The summed E-state index contributed by atoms with van der Waals surface area (Å²) in [6.07, 6.45) is 3.55. The van der Waals surface area contributed by atoms with E-state index in [0.717, 1.165) is 12.8 Å². The van der Waals surface area contributed by atoms with Gasteiger partial charge >= 0.3 is 6.61 Å². The summed E-state index contributed by atoms with van der Waals surface area (Å²) in [7, 11) is 0. The van der Waals surface area contributed by atoms with E-state index in [4.69, 9.17) is 26.5 Å². The number of oxazole rings is 1. The monoisotopic (exact) mass is 478 g/mol. The zero-order chi connectivity index (χ0) is 23.4. The minimum Gasteiger partial charge on any atom is -0.489 e. The number of alkyl halides is 2. The number of carbonyl (C=O) groups excluding carboxylic acids is 1. The number of ether oxygens (including phenoxy) is 2. The van der Waals surface area contributed by atoms with Gasteiger partial charge in [-0.15, -0.1) is 0 Å². The van der Waals surface area contributed by atoms with Gasteiger partial charge in [-0.2, -0.15) is 8.78 Å². The Morgan fingerprint density at radius 1 is 1.27 bits per heavy atom. The fourth-order valence-electron chi connectivity index (χ4n) is 3.00. The number of nitrogens with two attached hydrogens (primary N) is 1. The molecule has 3 aromatic rings. The molecule has 0 atom stereocenters. The van der Waals surface area contributed by atoms with Crippen LogP contribution in [0.2, 0.25) is 5.02 Å². The first-order valence-corrected chi connectivity index (χ1v) is 10.6. The lowest BCUT2D eigenvalue weighted by Crippen LogP contribution is -2.25. The molecular formula is C22H21ClF2N4O4. The van der Waals surface area contributed by atoms with Crippen molar-refractivity contribution in [2.24, 2.45) is 11.7 Å². The molecule has 2 aromatic heterocycles. The van der Waals surface area contributed by atoms with E-state index in [1.54, 1.807) is 12.1 Å². The number of rotatable bonds is 10. The number of benzene rings is 1. The molecule has 1 fully saturated rings. The van der Waals surface area contributed by atoms with Crippen molar-refractivity contribution in [2.75, 3.05) is 6.61 Å². The molecule has 4 rings (SSSR count). The van der Waals surface area contributed by atoms with Gasteiger partial charge in [0.2, 0.25) is 5.89 Å². The van der Waals surface area contributed by atoms with Gasteiger partial charge in [0.25, 0.3) is 5.91 Å². The molecule has 1 amide bonds. The number of halogens is 3. The lowest BCUT2D eigenvalue weighted by Gasteiger charge is -2.12. The summed E-state index contributed by atoms with van der Waals surface area (Å²) in [5, 5.41) is 3.19. The minimum atomic E-state index is -2.99. The molecule has 1 aliphatic rings. The van der Waals surface area contributed by atoms with Crippen LogP contribution in [0.1, 0.15) is 34.8 Å². The van der Waals surface area contributed by atoms with Crippen molar-refractivity contribution >= 4 is 17.5 Å². The van der Waals surface area contributed by atoms with Gasteiger partial charge in [0, 0.05) is 11.8 Å². The zero-order valence-corrected chi connectivity index (χ0v) is 18.1. The molecule has 0 bridgehead atoms. The van der Waals surface area contributed by atoms with Gasteiger partial charge < -0.3 is 24.9 Å². The van der Waals surface area contributed by atoms with Crippen molar-refractivity contribution in [1.82, 2.24) is 15.3 Å². The van der Waals surface area contributed by atoms with Crippen molar-refractivity contribution < 1.29 is 27.5 Å². The Kier molecular flexibility index (Phi) is 7.05. The number of hydrogen-bond acceptors (Lipinski definition) is 7. The Labute approximate surface area is 193 Å². The highest BCUT2D eigenvalue weighted by atomic mass is 35.5. The van der Waals surface area contributed by atoms with E-state index in [1.807, 2.05) is 0 Å². The number of pyridine rings is 1. The number of carbonyl (C=O) groups is 1. The highest BCUT2D eigenvalue weighted by Gasteiger charge is 2.24. The Bertz CT molecular complexity index is 1120. The molecule has 33 heavy (non-hydrogen) atoms. The summed E-state index contributed by atoms with van der Waals surface area (Å²) < 4.78 is 41.4. The fourth-order valence-corrected chi connectivity index (χ4v) is 3.11. The van der Waals surface area contributed by atoms with Gasteiger partial charge in [0.1, 0.15) is 0 Å². The molecule has 0 saturated heterocycles. The molecule has 1 aliphatic carbocycles. The van der Waals surface area contributed by atoms with Gasteiger partial charge in [-0.05, 0) is 49.1 Å². The van der Waals surface area contributed by atoms with E-state index < -0.39 is 12.5 Å². The molecule has 0 radical (unpaired) electrons. The van der Waals surface area contributed by atoms with E-state index in [9.17, 15) is 13.6 Å². The maximum absolute atomic E-state index is 12.8. The molecule has 11 heteroatoms. The molecule has 174 valence electrons.